The molecule has 0 spiro atoms. The highest BCUT2D eigenvalue weighted by molar-refractivity contribution is 5.97. The number of fused-ring (bicyclic) bond motifs is 1. The number of nitrogens with one attached hydrogen (secondary N) is 1. The highest BCUT2D eigenvalue weighted by Gasteiger charge is 2.25. The normalized spacial score (nSPS) is 13.0. The average molecular weight is 354 g/mol. The summed E-state index contributed by atoms with van der Waals surface area (Å²) in [6.45, 7) is 4.62. The number of carbonyl (C=O) groups is 2. The Bertz CT molecular complexity index is 819. The number of rotatable bonds is 6. The lowest BCUT2D eigenvalue weighted by molar-refractivity contribution is -0.133. The number of para-hydroxylation sites is 2. The second-order valence-corrected chi connectivity index (χ2v) is 6.19. The van der Waals surface area contributed by atoms with Crippen LogP contribution in [0.2, 0.25) is 0 Å². The van der Waals surface area contributed by atoms with Gasteiger partial charge in [-0.1, -0.05) is 25.1 Å². The van der Waals surface area contributed by atoms with Gasteiger partial charge in [-0.05, 0) is 43.2 Å². The van der Waals surface area contributed by atoms with Crippen LogP contribution in [-0.2, 0) is 9.59 Å². The van der Waals surface area contributed by atoms with Gasteiger partial charge in [-0.25, -0.2) is 4.79 Å². The number of nitrogens with zero attached hydrogens (tertiary/aromatic N) is 1. The number of hydrogen-bond donors (Lipinski definition) is 1. The summed E-state index contributed by atoms with van der Waals surface area (Å²) in [4.78, 5) is 26.1. The Balaban J connectivity index is 1.72. The third kappa shape index (κ3) is 4.14. The third-order valence-electron chi connectivity index (χ3n) is 3.96. The summed E-state index contributed by atoms with van der Waals surface area (Å²) in [7, 11) is 0. The highest BCUT2D eigenvalue weighted by Crippen LogP contribution is 2.32. The van der Waals surface area contributed by atoms with E-state index in [1.165, 1.54) is 0 Å². The fraction of sp³-hybridized carbons (Fsp3) is 0.300. The Morgan fingerprint density at radius 2 is 2.08 bits per heavy atom. The van der Waals surface area contributed by atoms with Crippen LogP contribution in [0.5, 0.6) is 11.5 Å². The molecule has 0 aliphatic carbocycles. The standard InChI is InChI=1S/C20H22N2O4/c1-3-10-25-17-7-5-4-6-15(17)21-19(23)12-22-13-20(24)26-18-11-14(2)8-9-16(18)22/h4-9,11H,3,10,12-13H2,1-2H3,(H,21,23). The predicted octanol–water partition coefficient (Wildman–Crippen LogP) is 3.15. The first-order valence-corrected chi connectivity index (χ1v) is 8.64. The van der Waals surface area contributed by atoms with E-state index in [1.807, 2.05) is 44.2 Å². The maximum atomic E-state index is 12.5. The van der Waals surface area contributed by atoms with Crippen molar-refractivity contribution < 1.29 is 19.1 Å². The molecule has 1 N–H and O–H groups in total. The molecule has 6 nitrogen and oxygen atoms in total. The van der Waals surface area contributed by atoms with Gasteiger partial charge in [-0.3, -0.25) is 4.79 Å². The number of amides is 1. The molecule has 0 fully saturated rings. The summed E-state index contributed by atoms with van der Waals surface area (Å²) in [5, 5.41) is 2.87. The average Bonchev–Trinajstić information content (AvgIpc) is 2.60. The lowest BCUT2D eigenvalue weighted by Gasteiger charge is -2.29. The van der Waals surface area contributed by atoms with Crippen LogP contribution >= 0.6 is 0 Å². The van der Waals surface area contributed by atoms with E-state index in [4.69, 9.17) is 9.47 Å². The van der Waals surface area contributed by atoms with E-state index < -0.39 is 0 Å². The van der Waals surface area contributed by atoms with Crippen LogP contribution in [0.3, 0.4) is 0 Å². The minimum Gasteiger partial charge on any atom is -0.491 e. The summed E-state index contributed by atoms with van der Waals surface area (Å²) < 4.78 is 10.9. The molecule has 6 heteroatoms. The van der Waals surface area contributed by atoms with E-state index in [-0.39, 0.29) is 25.0 Å². The number of benzene rings is 2. The predicted molar refractivity (Wildman–Crippen MR) is 99.9 cm³/mol. The van der Waals surface area contributed by atoms with Crippen molar-refractivity contribution >= 4 is 23.3 Å². The van der Waals surface area contributed by atoms with Crippen LogP contribution in [0.4, 0.5) is 11.4 Å². The van der Waals surface area contributed by atoms with Crippen molar-refractivity contribution in [3.63, 3.8) is 0 Å². The lowest BCUT2D eigenvalue weighted by atomic mass is 10.1. The first-order valence-electron chi connectivity index (χ1n) is 8.64. The molecule has 0 radical (unpaired) electrons. The van der Waals surface area contributed by atoms with E-state index in [0.717, 1.165) is 17.7 Å². The van der Waals surface area contributed by atoms with Gasteiger partial charge in [-0.2, -0.15) is 0 Å². The van der Waals surface area contributed by atoms with Gasteiger partial charge < -0.3 is 19.7 Å². The number of aryl methyl sites for hydroxylation is 1. The van der Waals surface area contributed by atoms with Crippen LogP contribution < -0.4 is 19.7 Å². The SMILES string of the molecule is CCCOc1ccccc1NC(=O)CN1CC(=O)Oc2cc(C)ccc21. The first kappa shape index (κ1) is 17.8. The molecule has 1 aliphatic heterocycles. The summed E-state index contributed by atoms with van der Waals surface area (Å²) in [5.74, 6) is 0.527. The fourth-order valence-electron chi connectivity index (χ4n) is 2.77. The van der Waals surface area contributed by atoms with E-state index in [1.54, 1.807) is 17.0 Å². The molecular formula is C20H22N2O4. The maximum Gasteiger partial charge on any atom is 0.331 e. The van der Waals surface area contributed by atoms with Crippen molar-refractivity contribution in [2.24, 2.45) is 0 Å². The maximum absolute atomic E-state index is 12.5. The molecule has 2 aromatic rings. The zero-order chi connectivity index (χ0) is 18.5. The molecule has 1 heterocycles. The van der Waals surface area contributed by atoms with Crippen molar-refractivity contribution in [2.45, 2.75) is 20.3 Å². The van der Waals surface area contributed by atoms with Gasteiger partial charge >= 0.3 is 5.97 Å². The van der Waals surface area contributed by atoms with Crippen molar-refractivity contribution in [2.75, 3.05) is 29.9 Å². The Morgan fingerprint density at radius 3 is 2.88 bits per heavy atom. The zero-order valence-corrected chi connectivity index (χ0v) is 15.0. The zero-order valence-electron chi connectivity index (χ0n) is 15.0. The van der Waals surface area contributed by atoms with Crippen LogP contribution in [0.25, 0.3) is 0 Å². The van der Waals surface area contributed by atoms with Crippen LogP contribution in [0.15, 0.2) is 42.5 Å². The first-order chi connectivity index (χ1) is 12.6. The van der Waals surface area contributed by atoms with E-state index >= 15 is 0 Å². The van der Waals surface area contributed by atoms with Gasteiger partial charge in [0.25, 0.3) is 0 Å². The van der Waals surface area contributed by atoms with Crippen LogP contribution in [0.1, 0.15) is 18.9 Å². The summed E-state index contributed by atoms with van der Waals surface area (Å²) in [6, 6.07) is 12.9. The molecule has 136 valence electrons. The van der Waals surface area contributed by atoms with Gasteiger partial charge in [0.2, 0.25) is 5.91 Å². The highest BCUT2D eigenvalue weighted by atomic mass is 16.5. The minimum absolute atomic E-state index is 0.0391. The summed E-state index contributed by atoms with van der Waals surface area (Å²) >= 11 is 0. The van der Waals surface area contributed by atoms with Gasteiger partial charge in [0.1, 0.15) is 12.3 Å². The van der Waals surface area contributed by atoms with Crippen molar-refractivity contribution in [1.29, 1.82) is 0 Å². The molecule has 26 heavy (non-hydrogen) atoms. The number of anilines is 2. The quantitative estimate of drug-likeness (QED) is 0.638. The van der Waals surface area contributed by atoms with Crippen LogP contribution in [0, 0.1) is 6.92 Å². The molecule has 0 unspecified atom stereocenters. The topological polar surface area (TPSA) is 67.9 Å². The molecule has 0 saturated heterocycles. The lowest BCUT2D eigenvalue weighted by Crippen LogP contribution is -2.41. The molecule has 0 atom stereocenters. The van der Waals surface area contributed by atoms with Gasteiger partial charge in [0.05, 0.1) is 24.5 Å². The molecule has 0 saturated carbocycles. The Kier molecular flexibility index (Phi) is 5.41. The van der Waals surface area contributed by atoms with E-state index in [9.17, 15) is 9.59 Å². The largest absolute Gasteiger partial charge is 0.491 e. The van der Waals surface area contributed by atoms with E-state index in [0.29, 0.717) is 23.8 Å². The molecule has 2 aromatic carbocycles. The molecule has 1 amide bonds. The molecule has 3 rings (SSSR count). The Morgan fingerprint density at radius 1 is 1.27 bits per heavy atom. The third-order valence-corrected chi connectivity index (χ3v) is 3.96. The molecule has 0 aromatic heterocycles. The van der Waals surface area contributed by atoms with E-state index in [2.05, 4.69) is 5.32 Å². The van der Waals surface area contributed by atoms with Gasteiger partial charge in [0, 0.05) is 0 Å². The number of carbonyl (C=O) groups excluding carboxylic acids is 2. The molecular weight excluding hydrogens is 332 g/mol. The summed E-state index contributed by atoms with van der Waals surface area (Å²) in [6.07, 6.45) is 0.883. The monoisotopic (exact) mass is 354 g/mol. The second kappa shape index (κ2) is 7.91. The Labute approximate surface area is 152 Å². The number of hydrogen-bond acceptors (Lipinski definition) is 5. The number of ether oxygens (including phenoxy) is 2. The number of esters is 1. The van der Waals surface area contributed by atoms with Crippen molar-refractivity contribution in [1.82, 2.24) is 0 Å². The minimum atomic E-state index is -0.373. The fourth-order valence-corrected chi connectivity index (χ4v) is 2.77. The summed E-state index contributed by atoms with van der Waals surface area (Å²) in [5.41, 5.74) is 2.35. The van der Waals surface area contributed by atoms with Crippen LogP contribution in [-0.4, -0.2) is 31.6 Å². The molecule has 1 aliphatic rings. The molecule has 0 bridgehead atoms. The Hall–Kier alpha value is -3.02. The van der Waals surface area contributed by atoms with Gasteiger partial charge in [-0.15, -0.1) is 0 Å². The second-order valence-electron chi connectivity index (χ2n) is 6.19. The van der Waals surface area contributed by atoms with Crippen molar-refractivity contribution in [3.8, 4) is 11.5 Å². The van der Waals surface area contributed by atoms with Gasteiger partial charge in [0.15, 0.2) is 5.75 Å². The smallest absolute Gasteiger partial charge is 0.331 e. The van der Waals surface area contributed by atoms with Crippen molar-refractivity contribution in [3.05, 3.63) is 48.0 Å².